The first-order valence-electron chi connectivity index (χ1n) is 10.8. The number of pyridine rings is 1. The molecule has 0 saturated carbocycles. The summed E-state index contributed by atoms with van der Waals surface area (Å²) in [4.78, 5) is 10.2. The molecule has 2 aliphatic rings. The van der Waals surface area contributed by atoms with Crippen molar-refractivity contribution < 1.29 is 16.8 Å². The van der Waals surface area contributed by atoms with E-state index in [-0.39, 0.29) is 17.6 Å². The molecule has 5 rings (SSSR count). The first-order valence-corrected chi connectivity index (χ1v) is 13.9. The van der Waals surface area contributed by atoms with Crippen LogP contribution in [0.4, 0.5) is 5.95 Å². The highest BCUT2D eigenvalue weighted by Crippen LogP contribution is 2.37. The van der Waals surface area contributed by atoms with Gasteiger partial charge in [0.25, 0.3) is 0 Å². The fraction of sp³-hybridized carbons (Fsp3) is 0.263. The van der Waals surface area contributed by atoms with Crippen LogP contribution in [-0.2, 0) is 20.0 Å². The topological polar surface area (TPSA) is 234 Å². The molecule has 0 bridgehead atoms. The highest BCUT2D eigenvalue weighted by atomic mass is 32.2. The summed E-state index contributed by atoms with van der Waals surface area (Å²) in [7, 11) is -8.77. The van der Waals surface area contributed by atoms with Crippen molar-refractivity contribution in [2.45, 2.75) is 28.4 Å². The largest absolute Gasteiger partial charge is 0.369 e. The van der Waals surface area contributed by atoms with Gasteiger partial charge in [-0.15, -0.1) is 0 Å². The first kappa shape index (κ1) is 24.7. The van der Waals surface area contributed by atoms with E-state index in [1.165, 1.54) is 24.5 Å². The minimum Gasteiger partial charge on any atom is -0.369 e. The summed E-state index contributed by atoms with van der Waals surface area (Å²) in [5.41, 5.74) is 18.7. The van der Waals surface area contributed by atoms with Crippen LogP contribution in [0, 0.1) is 0 Å². The van der Waals surface area contributed by atoms with Gasteiger partial charge in [0, 0.05) is 24.3 Å². The van der Waals surface area contributed by atoms with E-state index < -0.39 is 36.0 Å². The molecule has 2 saturated heterocycles. The van der Waals surface area contributed by atoms with E-state index >= 15 is 0 Å². The Morgan fingerprint density at radius 2 is 1.83 bits per heavy atom. The Labute approximate surface area is 206 Å². The van der Waals surface area contributed by atoms with Crippen molar-refractivity contribution in [2.75, 3.05) is 18.8 Å². The van der Waals surface area contributed by atoms with Gasteiger partial charge in [0.1, 0.15) is 16.0 Å². The zero-order valence-electron chi connectivity index (χ0n) is 18.7. The molecule has 0 aliphatic carbocycles. The predicted molar refractivity (Wildman–Crippen MR) is 130 cm³/mol. The number of aromatic amines is 1. The van der Waals surface area contributed by atoms with E-state index in [1.54, 1.807) is 12.1 Å². The molecule has 17 heteroatoms. The number of H-pyrrole nitrogens is 1. The third-order valence-electron chi connectivity index (χ3n) is 5.84. The number of nitrogens with zero attached hydrogens (tertiary/aromatic N) is 2. The monoisotopic (exact) mass is 535 g/mol. The van der Waals surface area contributed by atoms with Gasteiger partial charge < -0.3 is 16.0 Å². The number of hydrogen-bond acceptors (Lipinski definition) is 12. The Kier molecular flexibility index (Phi) is 6.49. The molecule has 15 nitrogen and oxygen atoms in total. The number of sulfonamides is 2. The zero-order valence-corrected chi connectivity index (χ0v) is 20.4. The van der Waals surface area contributed by atoms with Crippen LogP contribution in [0.5, 0.6) is 0 Å². The highest BCUT2D eigenvalue weighted by molar-refractivity contribution is 7.92. The molecule has 4 heterocycles. The van der Waals surface area contributed by atoms with Crippen LogP contribution in [0.1, 0.15) is 18.2 Å². The van der Waals surface area contributed by atoms with Crippen LogP contribution in [0.3, 0.4) is 0 Å². The molecular weight excluding hydrogens is 510 g/mol. The number of aromatic nitrogens is 3. The molecule has 36 heavy (non-hydrogen) atoms. The summed E-state index contributed by atoms with van der Waals surface area (Å²) in [6.45, 7) is 1.09. The molecule has 0 spiro atoms. The number of nitrogens with two attached hydrogens (primary N) is 2. The van der Waals surface area contributed by atoms with Crippen LogP contribution >= 0.6 is 0 Å². The predicted octanol–water partition coefficient (Wildman–Crippen LogP) is -1.88. The van der Waals surface area contributed by atoms with Crippen molar-refractivity contribution in [3.05, 3.63) is 42.2 Å². The van der Waals surface area contributed by atoms with Gasteiger partial charge in [0.2, 0.25) is 20.0 Å². The number of benzene rings is 1. The van der Waals surface area contributed by atoms with Crippen LogP contribution < -0.4 is 42.8 Å². The van der Waals surface area contributed by atoms with E-state index in [4.69, 9.17) is 10.9 Å². The van der Waals surface area contributed by atoms with Gasteiger partial charge in [-0.25, -0.2) is 42.5 Å². The molecule has 11 N–H and O–H groups in total. The molecule has 192 valence electrons. The average Bonchev–Trinajstić information content (AvgIpc) is 3.61. The van der Waals surface area contributed by atoms with Crippen molar-refractivity contribution >= 4 is 26.0 Å². The molecule has 3 aromatic rings. The molecule has 2 aliphatic heterocycles. The second-order valence-electron chi connectivity index (χ2n) is 8.29. The second kappa shape index (κ2) is 9.47. The summed E-state index contributed by atoms with van der Waals surface area (Å²) in [6.07, 6.45) is 2.77. The minimum absolute atomic E-state index is 0.101. The van der Waals surface area contributed by atoms with Crippen molar-refractivity contribution in [2.24, 2.45) is 5.14 Å². The van der Waals surface area contributed by atoms with Crippen LogP contribution in [0.2, 0.25) is 0 Å². The van der Waals surface area contributed by atoms with E-state index in [1.807, 2.05) is 0 Å². The van der Waals surface area contributed by atoms with Crippen molar-refractivity contribution in [1.82, 2.24) is 46.9 Å². The molecule has 1 aromatic carbocycles. The quantitative estimate of drug-likeness (QED) is 0.162. The van der Waals surface area contributed by atoms with Gasteiger partial charge in [-0.3, -0.25) is 4.98 Å². The number of nitrogen functional groups attached to an aromatic ring is 1. The number of imidazole rings is 1. The zero-order chi connectivity index (χ0) is 25.5. The maximum Gasteiger partial charge on any atom is 0.242 e. The van der Waals surface area contributed by atoms with Crippen molar-refractivity contribution in [3.8, 4) is 22.5 Å². The van der Waals surface area contributed by atoms with Gasteiger partial charge in [-0.1, -0.05) is 6.07 Å². The van der Waals surface area contributed by atoms with Gasteiger partial charge in [-0.2, -0.15) is 11.1 Å². The Balaban J connectivity index is 1.71. The number of anilines is 1. The molecule has 1 atom stereocenters. The highest BCUT2D eigenvalue weighted by Gasteiger charge is 2.35. The number of rotatable bonds is 7. The Morgan fingerprint density at radius 1 is 1.06 bits per heavy atom. The SMILES string of the molecule is Nc1ncc(-c2cc(-c3ccc(S(=O)(=O)N[C@@H]4CCNC4)c(S(N)(=O)=O)c3C3NNNN3)ccn2)[nH]1. The third kappa shape index (κ3) is 4.83. The number of nitrogens with one attached hydrogen (secondary N) is 7. The smallest absolute Gasteiger partial charge is 0.242 e. The van der Waals surface area contributed by atoms with Crippen LogP contribution in [0.25, 0.3) is 22.5 Å². The van der Waals surface area contributed by atoms with Gasteiger partial charge in [-0.05, 0) is 42.3 Å². The Bertz CT molecular complexity index is 1500. The standard InChI is InChI=1S/C19H25N11O4S2/c20-19-24-9-14(25-19)13-7-10(3-6-23-13)12-1-2-15(36(33,34)28-11-4-5-22-8-11)17(35(21,31)32)16(12)18-26-29-30-27-18/h1-3,6-7,9,11,18,22,26-30H,4-5,8H2,(H3,20,24,25)(H2,21,31,32)/t11-/m1/s1. The van der Waals surface area contributed by atoms with Gasteiger partial charge in [0.15, 0.2) is 5.95 Å². The summed E-state index contributed by atoms with van der Waals surface area (Å²) < 4.78 is 55.1. The Morgan fingerprint density at radius 3 is 2.47 bits per heavy atom. The lowest BCUT2D eigenvalue weighted by Crippen LogP contribution is -2.38. The molecule has 0 amide bonds. The van der Waals surface area contributed by atoms with E-state index in [2.05, 4.69) is 46.9 Å². The summed E-state index contributed by atoms with van der Waals surface area (Å²) in [5, 5.41) is 8.70. The number of primary sulfonamides is 1. The normalized spacial score (nSPS) is 19.2. The molecule has 2 aromatic heterocycles. The van der Waals surface area contributed by atoms with Crippen LogP contribution in [0.15, 0.2) is 46.5 Å². The fourth-order valence-corrected chi connectivity index (χ4v) is 7.20. The van der Waals surface area contributed by atoms with Crippen molar-refractivity contribution in [1.29, 1.82) is 0 Å². The van der Waals surface area contributed by atoms with Gasteiger partial charge >= 0.3 is 0 Å². The fourth-order valence-electron chi connectivity index (χ4n) is 4.27. The first-order chi connectivity index (χ1) is 17.1. The number of hydrazine groups is 3. The number of hydrogen-bond donors (Lipinski definition) is 9. The van der Waals surface area contributed by atoms with Gasteiger partial charge in [0.05, 0.1) is 17.6 Å². The second-order valence-corrected chi connectivity index (χ2v) is 11.5. The molecular formula is C19H25N11O4S2. The Hall–Kier alpha value is -3.00. The third-order valence-corrected chi connectivity index (χ3v) is 8.54. The van der Waals surface area contributed by atoms with E-state index in [0.29, 0.717) is 42.0 Å². The summed E-state index contributed by atoms with van der Waals surface area (Å²) in [6, 6.07) is 5.77. The maximum atomic E-state index is 13.3. The minimum atomic E-state index is -4.53. The summed E-state index contributed by atoms with van der Waals surface area (Å²) in [5.74, 6) is 0.213. The van der Waals surface area contributed by atoms with Crippen LogP contribution in [-0.4, -0.2) is 50.9 Å². The lowest BCUT2D eigenvalue weighted by atomic mass is 9.97. The molecule has 0 unspecified atom stereocenters. The lowest BCUT2D eigenvalue weighted by Gasteiger charge is -2.22. The van der Waals surface area contributed by atoms with E-state index in [9.17, 15) is 16.8 Å². The maximum absolute atomic E-state index is 13.3. The van der Waals surface area contributed by atoms with Crippen molar-refractivity contribution in [3.63, 3.8) is 0 Å². The molecule has 0 radical (unpaired) electrons. The van der Waals surface area contributed by atoms with E-state index in [0.717, 1.165) is 0 Å². The lowest BCUT2D eigenvalue weighted by molar-refractivity contribution is 0.530. The summed E-state index contributed by atoms with van der Waals surface area (Å²) >= 11 is 0. The average molecular weight is 536 g/mol. The molecule has 2 fully saturated rings.